The van der Waals surface area contributed by atoms with Crippen molar-refractivity contribution in [1.82, 2.24) is 10.2 Å². The minimum Gasteiger partial charge on any atom is -0.381 e. The number of likely N-dealkylation sites (tertiary alicyclic amines) is 1. The summed E-state index contributed by atoms with van der Waals surface area (Å²) in [6, 6.07) is 12.1. The standard InChI is InChI=1S/C16H24N2O/c1-19-16-9-15(10-16)17-14-7-8-18(12-14)11-13-5-3-2-4-6-13/h2-6,14-17H,7-12H2,1H3/t14?,15-,16+. The highest BCUT2D eigenvalue weighted by atomic mass is 16.5. The molecule has 1 aromatic rings. The van der Waals surface area contributed by atoms with E-state index in [1.807, 2.05) is 7.11 Å². The highest BCUT2D eigenvalue weighted by molar-refractivity contribution is 5.14. The van der Waals surface area contributed by atoms with Gasteiger partial charge in [-0.1, -0.05) is 30.3 Å². The van der Waals surface area contributed by atoms with Gasteiger partial charge in [-0.25, -0.2) is 0 Å². The zero-order chi connectivity index (χ0) is 13.1. The van der Waals surface area contributed by atoms with Crippen molar-refractivity contribution in [3.05, 3.63) is 35.9 Å². The van der Waals surface area contributed by atoms with Crippen LogP contribution in [-0.4, -0.2) is 43.3 Å². The van der Waals surface area contributed by atoms with Gasteiger partial charge in [0.05, 0.1) is 6.10 Å². The van der Waals surface area contributed by atoms with Crippen LogP contribution in [0.3, 0.4) is 0 Å². The van der Waals surface area contributed by atoms with Gasteiger partial charge in [0.25, 0.3) is 0 Å². The van der Waals surface area contributed by atoms with Gasteiger partial charge in [0.1, 0.15) is 0 Å². The first-order valence-electron chi connectivity index (χ1n) is 7.38. The number of ether oxygens (including phenoxy) is 1. The predicted molar refractivity (Wildman–Crippen MR) is 77.1 cm³/mol. The van der Waals surface area contributed by atoms with Gasteiger partial charge in [0, 0.05) is 38.8 Å². The van der Waals surface area contributed by atoms with Crippen LogP contribution in [0.2, 0.25) is 0 Å². The van der Waals surface area contributed by atoms with Gasteiger partial charge in [0.2, 0.25) is 0 Å². The van der Waals surface area contributed by atoms with Gasteiger partial charge in [-0.3, -0.25) is 4.90 Å². The van der Waals surface area contributed by atoms with Gasteiger partial charge >= 0.3 is 0 Å². The topological polar surface area (TPSA) is 24.5 Å². The van der Waals surface area contributed by atoms with Crippen LogP contribution >= 0.6 is 0 Å². The first-order chi connectivity index (χ1) is 9.33. The molecule has 0 radical (unpaired) electrons. The Morgan fingerprint density at radius 1 is 1.21 bits per heavy atom. The van der Waals surface area contributed by atoms with Crippen molar-refractivity contribution in [2.75, 3.05) is 20.2 Å². The number of rotatable bonds is 5. The molecule has 1 saturated heterocycles. The summed E-state index contributed by atoms with van der Waals surface area (Å²) >= 11 is 0. The molecule has 1 aliphatic carbocycles. The fourth-order valence-corrected chi connectivity index (χ4v) is 3.18. The molecule has 1 aromatic carbocycles. The summed E-state index contributed by atoms with van der Waals surface area (Å²) in [5.74, 6) is 0. The van der Waals surface area contributed by atoms with Crippen LogP contribution < -0.4 is 5.32 Å². The number of nitrogens with zero attached hydrogens (tertiary/aromatic N) is 1. The van der Waals surface area contributed by atoms with E-state index < -0.39 is 0 Å². The second kappa shape index (κ2) is 6.04. The molecular formula is C16H24N2O. The lowest BCUT2D eigenvalue weighted by Crippen LogP contribution is -2.49. The molecule has 19 heavy (non-hydrogen) atoms. The van der Waals surface area contributed by atoms with E-state index in [2.05, 4.69) is 40.5 Å². The van der Waals surface area contributed by atoms with Gasteiger partial charge in [-0.15, -0.1) is 0 Å². The highest BCUT2D eigenvalue weighted by Gasteiger charge is 2.32. The van der Waals surface area contributed by atoms with E-state index in [0.717, 1.165) is 6.54 Å². The second-order valence-electron chi connectivity index (χ2n) is 5.90. The molecule has 0 bridgehead atoms. The molecule has 3 heteroatoms. The summed E-state index contributed by atoms with van der Waals surface area (Å²) in [5, 5.41) is 3.77. The number of benzene rings is 1. The van der Waals surface area contributed by atoms with Crippen molar-refractivity contribution in [2.45, 2.75) is 44.0 Å². The molecule has 1 saturated carbocycles. The number of nitrogens with one attached hydrogen (secondary N) is 1. The monoisotopic (exact) mass is 260 g/mol. The van der Waals surface area contributed by atoms with Crippen LogP contribution in [0.5, 0.6) is 0 Å². The zero-order valence-corrected chi connectivity index (χ0v) is 11.7. The van der Waals surface area contributed by atoms with Crippen molar-refractivity contribution < 1.29 is 4.74 Å². The summed E-state index contributed by atoms with van der Waals surface area (Å²) in [7, 11) is 1.82. The Bertz CT molecular complexity index is 389. The maximum atomic E-state index is 5.33. The molecule has 3 rings (SSSR count). The van der Waals surface area contributed by atoms with Gasteiger partial charge in [-0.05, 0) is 24.8 Å². The van der Waals surface area contributed by atoms with E-state index in [1.54, 1.807) is 0 Å². The lowest BCUT2D eigenvalue weighted by molar-refractivity contribution is 0.0145. The van der Waals surface area contributed by atoms with Crippen LogP contribution in [0.1, 0.15) is 24.8 Å². The fourth-order valence-electron chi connectivity index (χ4n) is 3.18. The predicted octanol–water partition coefficient (Wildman–Crippen LogP) is 2.03. The lowest BCUT2D eigenvalue weighted by Gasteiger charge is -2.36. The Labute approximate surface area is 115 Å². The third-order valence-corrected chi connectivity index (χ3v) is 4.42. The van der Waals surface area contributed by atoms with Crippen molar-refractivity contribution in [2.24, 2.45) is 0 Å². The molecule has 104 valence electrons. The number of hydrogen-bond acceptors (Lipinski definition) is 3. The first kappa shape index (κ1) is 13.1. The number of methoxy groups -OCH3 is 1. The Kier molecular flexibility index (Phi) is 4.16. The normalized spacial score (nSPS) is 31.3. The van der Waals surface area contributed by atoms with Crippen LogP contribution in [0, 0.1) is 0 Å². The smallest absolute Gasteiger partial charge is 0.0601 e. The second-order valence-corrected chi connectivity index (χ2v) is 5.90. The minimum atomic E-state index is 0.499. The van der Waals surface area contributed by atoms with Gasteiger partial charge in [-0.2, -0.15) is 0 Å². The van der Waals surface area contributed by atoms with E-state index in [9.17, 15) is 0 Å². The maximum absolute atomic E-state index is 5.33. The summed E-state index contributed by atoms with van der Waals surface area (Å²) in [4.78, 5) is 2.56. The molecule has 1 N–H and O–H groups in total. The average molecular weight is 260 g/mol. The fraction of sp³-hybridized carbons (Fsp3) is 0.625. The summed E-state index contributed by atoms with van der Waals surface area (Å²) in [5.41, 5.74) is 1.42. The third-order valence-electron chi connectivity index (χ3n) is 4.42. The zero-order valence-electron chi connectivity index (χ0n) is 11.7. The molecule has 0 spiro atoms. The molecule has 0 amide bonds. The van der Waals surface area contributed by atoms with Crippen molar-refractivity contribution in [1.29, 1.82) is 0 Å². The lowest BCUT2D eigenvalue weighted by atomic mass is 9.88. The Balaban J connectivity index is 1.41. The summed E-state index contributed by atoms with van der Waals surface area (Å²) in [6.45, 7) is 3.49. The Morgan fingerprint density at radius 3 is 2.74 bits per heavy atom. The molecule has 2 fully saturated rings. The summed E-state index contributed by atoms with van der Waals surface area (Å²) in [6.07, 6.45) is 4.15. The van der Waals surface area contributed by atoms with Crippen molar-refractivity contribution in [3.8, 4) is 0 Å². The van der Waals surface area contributed by atoms with E-state index >= 15 is 0 Å². The van der Waals surface area contributed by atoms with Gasteiger partial charge < -0.3 is 10.1 Å². The first-order valence-corrected chi connectivity index (χ1v) is 7.38. The van der Waals surface area contributed by atoms with Crippen LogP contribution in [0.4, 0.5) is 0 Å². The maximum Gasteiger partial charge on any atom is 0.0601 e. The van der Waals surface area contributed by atoms with E-state index in [4.69, 9.17) is 4.74 Å². The molecule has 1 heterocycles. The third kappa shape index (κ3) is 3.35. The molecule has 0 aromatic heterocycles. The molecule has 3 nitrogen and oxygen atoms in total. The highest BCUT2D eigenvalue weighted by Crippen LogP contribution is 2.24. The molecule has 1 unspecified atom stereocenters. The van der Waals surface area contributed by atoms with E-state index in [0.29, 0.717) is 18.2 Å². The molecule has 1 aliphatic heterocycles. The van der Waals surface area contributed by atoms with Crippen LogP contribution in [-0.2, 0) is 11.3 Å². The Morgan fingerprint density at radius 2 is 2.00 bits per heavy atom. The molecule has 2 aliphatic rings. The van der Waals surface area contributed by atoms with E-state index in [1.165, 1.54) is 37.9 Å². The van der Waals surface area contributed by atoms with Gasteiger partial charge in [0.15, 0.2) is 0 Å². The van der Waals surface area contributed by atoms with E-state index in [-0.39, 0.29) is 0 Å². The molecule has 1 atom stereocenters. The quantitative estimate of drug-likeness (QED) is 0.876. The Hall–Kier alpha value is -0.900. The molecular weight excluding hydrogens is 236 g/mol. The SMILES string of the molecule is CO[C@H]1C[C@@H](NC2CCN(Cc3ccccc3)C2)C1. The average Bonchev–Trinajstić information content (AvgIpc) is 2.82. The largest absolute Gasteiger partial charge is 0.381 e. The summed E-state index contributed by atoms with van der Waals surface area (Å²) < 4.78 is 5.33. The van der Waals surface area contributed by atoms with Crippen LogP contribution in [0.25, 0.3) is 0 Å². The minimum absolute atomic E-state index is 0.499. The van der Waals surface area contributed by atoms with Crippen molar-refractivity contribution in [3.63, 3.8) is 0 Å². The number of hydrogen-bond donors (Lipinski definition) is 1. The van der Waals surface area contributed by atoms with Crippen LogP contribution in [0.15, 0.2) is 30.3 Å². The van der Waals surface area contributed by atoms with Crippen molar-refractivity contribution >= 4 is 0 Å².